The molecule has 1 saturated heterocycles. The quantitative estimate of drug-likeness (QED) is 0.934. The number of benzene rings is 1. The van der Waals surface area contributed by atoms with E-state index in [-0.39, 0.29) is 11.8 Å². The minimum atomic E-state index is -0.818. The van der Waals surface area contributed by atoms with Gasteiger partial charge in [-0.3, -0.25) is 9.59 Å². The van der Waals surface area contributed by atoms with Crippen LogP contribution in [-0.2, 0) is 9.59 Å². The molecule has 3 rings (SSSR count). The molecule has 4 nitrogen and oxygen atoms in total. The first-order valence-corrected chi connectivity index (χ1v) is 8.23. The molecule has 118 valence electrons. The Balaban J connectivity index is 1.61. The van der Waals surface area contributed by atoms with Crippen LogP contribution in [0, 0.1) is 11.8 Å². The highest BCUT2D eigenvalue weighted by Gasteiger charge is 2.43. The molecule has 1 amide bonds. The second-order valence-electron chi connectivity index (χ2n) is 6.49. The van der Waals surface area contributed by atoms with Crippen LogP contribution in [0.15, 0.2) is 30.3 Å². The summed E-state index contributed by atoms with van der Waals surface area (Å²) in [7, 11) is 0. The monoisotopic (exact) mass is 301 g/mol. The minimum absolute atomic E-state index is 0.0624. The summed E-state index contributed by atoms with van der Waals surface area (Å²) in [5, 5.41) is 9.13. The molecule has 0 radical (unpaired) electrons. The standard InChI is InChI=1S/C18H23NO3/c20-17(15-8-9-16(15)18(21)22)19-11-4-7-14(10-12-19)13-5-2-1-3-6-13/h1-3,5-6,14-16H,4,7-12H2,(H,21,22). The van der Waals surface area contributed by atoms with Gasteiger partial charge in [0, 0.05) is 13.1 Å². The van der Waals surface area contributed by atoms with E-state index in [1.54, 1.807) is 0 Å². The SMILES string of the molecule is O=C(O)C1CCC1C(=O)N1CCCC(c2ccccc2)CC1. The van der Waals surface area contributed by atoms with Gasteiger partial charge in [-0.25, -0.2) is 0 Å². The fraction of sp³-hybridized carbons (Fsp3) is 0.556. The second-order valence-corrected chi connectivity index (χ2v) is 6.49. The van der Waals surface area contributed by atoms with Gasteiger partial charge in [-0.1, -0.05) is 30.3 Å². The number of amides is 1. The van der Waals surface area contributed by atoms with Crippen molar-refractivity contribution in [1.29, 1.82) is 0 Å². The molecule has 0 spiro atoms. The number of hydrogen-bond acceptors (Lipinski definition) is 2. The lowest BCUT2D eigenvalue weighted by Gasteiger charge is -2.36. The minimum Gasteiger partial charge on any atom is -0.481 e. The highest BCUT2D eigenvalue weighted by atomic mass is 16.4. The molecule has 1 N–H and O–H groups in total. The molecule has 0 aromatic heterocycles. The summed E-state index contributed by atoms with van der Waals surface area (Å²) >= 11 is 0. The Hall–Kier alpha value is -1.84. The Kier molecular flexibility index (Phi) is 4.46. The van der Waals surface area contributed by atoms with Crippen molar-refractivity contribution in [1.82, 2.24) is 4.90 Å². The fourth-order valence-corrected chi connectivity index (χ4v) is 3.70. The van der Waals surface area contributed by atoms with E-state index in [1.807, 2.05) is 11.0 Å². The molecule has 1 heterocycles. The van der Waals surface area contributed by atoms with Crippen LogP contribution in [0.2, 0.25) is 0 Å². The Morgan fingerprint density at radius 3 is 2.32 bits per heavy atom. The van der Waals surface area contributed by atoms with E-state index >= 15 is 0 Å². The molecule has 3 unspecified atom stereocenters. The van der Waals surface area contributed by atoms with Crippen molar-refractivity contribution in [2.24, 2.45) is 11.8 Å². The average Bonchev–Trinajstić information content (AvgIpc) is 2.72. The second kappa shape index (κ2) is 6.51. The van der Waals surface area contributed by atoms with Crippen LogP contribution in [0.3, 0.4) is 0 Å². The van der Waals surface area contributed by atoms with Gasteiger partial charge < -0.3 is 10.0 Å². The maximum Gasteiger partial charge on any atom is 0.307 e. The van der Waals surface area contributed by atoms with Gasteiger partial charge in [0.1, 0.15) is 0 Å². The molecule has 1 aromatic carbocycles. The van der Waals surface area contributed by atoms with E-state index in [2.05, 4.69) is 24.3 Å². The maximum absolute atomic E-state index is 12.6. The van der Waals surface area contributed by atoms with Gasteiger partial charge >= 0.3 is 5.97 Å². The van der Waals surface area contributed by atoms with E-state index in [1.165, 1.54) is 5.56 Å². The lowest BCUT2D eigenvalue weighted by atomic mass is 9.73. The Morgan fingerprint density at radius 2 is 1.68 bits per heavy atom. The Bertz CT molecular complexity index is 543. The van der Waals surface area contributed by atoms with Crippen molar-refractivity contribution >= 4 is 11.9 Å². The van der Waals surface area contributed by atoms with E-state index in [0.29, 0.717) is 12.3 Å². The predicted molar refractivity (Wildman–Crippen MR) is 83.5 cm³/mol. The summed E-state index contributed by atoms with van der Waals surface area (Å²) in [5.74, 6) is -0.990. The first-order chi connectivity index (χ1) is 10.7. The lowest BCUT2D eigenvalue weighted by Crippen LogP contribution is -2.46. The zero-order valence-electron chi connectivity index (χ0n) is 12.8. The van der Waals surface area contributed by atoms with Gasteiger partial charge in [-0.2, -0.15) is 0 Å². The van der Waals surface area contributed by atoms with Crippen LogP contribution >= 0.6 is 0 Å². The third kappa shape index (κ3) is 3.01. The van der Waals surface area contributed by atoms with Crippen LogP contribution in [0.5, 0.6) is 0 Å². The van der Waals surface area contributed by atoms with E-state index < -0.39 is 11.9 Å². The van der Waals surface area contributed by atoms with E-state index in [0.717, 1.165) is 38.8 Å². The molecule has 0 bridgehead atoms. The molecule has 4 heteroatoms. The number of hydrogen-bond donors (Lipinski definition) is 1. The van der Waals surface area contributed by atoms with Crippen LogP contribution in [0.25, 0.3) is 0 Å². The molecular weight excluding hydrogens is 278 g/mol. The summed E-state index contributed by atoms with van der Waals surface area (Å²) in [6.07, 6.45) is 4.44. The van der Waals surface area contributed by atoms with Crippen molar-refractivity contribution in [2.75, 3.05) is 13.1 Å². The summed E-state index contributed by atoms with van der Waals surface area (Å²) < 4.78 is 0. The van der Waals surface area contributed by atoms with Gasteiger partial charge in [0.15, 0.2) is 0 Å². The van der Waals surface area contributed by atoms with Crippen molar-refractivity contribution < 1.29 is 14.7 Å². The molecule has 22 heavy (non-hydrogen) atoms. The maximum atomic E-state index is 12.6. The average molecular weight is 301 g/mol. The van der Waals surface area contributed by atoms with Crippen LogP contribution < -0.4 is 0 Å². The summed E-state index contributed by atoms with van der Waals surface area (Å²) in [6.45, 7) is 1.52. The van der Waals surface area contributed by atoms with Gasteiger partial charge in [-0.05, 0) is 43.6 Å². The summed E-state index contributed by atoms with van der Waals surface area (Å²) in [5.41, 5.74) is 1.35. The normalized spacial score (nSPS) is 28.5. The first-order valence-electron chi connectivity index (χ1n) is 8.23. The van der Waals surface area contributed by atoms with E-state index in [4.69, 9.17) is 5.11 Å². The topological polar surface area (TPSA) is 57.6 Å². The smallest absolute Gasteiger partial charge is 0.307 e. The Labute approximate surface area is 131 Å². The van der Waals surface area contributed by atoms with E-state index in [9.17, 15) is 9.59 Å². The highest BCUT2D eigenvalue weighted by molar-refractivity contribution is 5.86. The van der Waals surface area contributed by atoms with Crippen LogP contribution in [-0.4, -0.2) is 35.0 Å². The zero-order valence-corrected chi connectivity index (χ0v) is 12.8. The number of carboxylic acids is 1. The van der Waals surface area contributed by atoms with Crippen molar-refractivity contribution in [2.45, 2.75) is 38.0 Å². The molecule has 2 aliphatic rings. The van der Waals surface area contributed by atoms with Crippen molar-refractivity contribution in [3.8, 4) is 0 Å². The summed E-state index contributed by atoms with van der Waals surface area (Å²) in [6, 6.07) is 10.5. The number of aliphatic carboxylic acids is 1. The largest absolute Gasteiger partial charge is 0.481 e. The van der Waals surface area contributed by atoms with Gasteiger partial charge in [0.2, 0.25) is 5.91 Å². The third-order valence-electron chi connectivity index (χ3n) is 5.22. The number of carboxylic acid groups (broad SMARTS) is 1. The molecular formula is C18H23NO3. The summed E-state index contributed by atoms with van der Waals surface area (Å²) in [4.78, 5) is 25.6. The molecule has 1 aliphatic heterocycles. The first kappa shape index (κ1) is 15.1. The number of rotatable bonds is 3. The third-order valence-corrected chi connectivity index (χ3v) is 5.22. The number of likely N-dealkylation sites (tertiary alicyclic amines) is 1. The number of carbonyl (C=O) groups excluding carboxylic acids is 1. The fourth-order valence-electron chi connectivity index (χ4n) is 3.70. The molecule has 1 saturated carbocycles. The molecule has 2 fully saturated rings. The van der Waals surface area contributed by atoms with Gasteiger partial charge in [0.05, 0.1) is 11.8 Å². The highest BCUT2D eigenvalue weighted by Crippen LogP contribution is 2.37. The number of carbonyl (C=O) groups is 2. The molecule has 3 atom stereocenters. The lowest BCUT2D eigenvalue weighted by molar-refractivity contribution is -0.156. The predicted octanol–water partition coefficient (Wildman–Crippen LogP) is 2.89. The van der Waals surface area contributed by atoms with Gasteiger partial charge in [0.25, 0.3) is 0 Å². The molecule has 1 aliphatic carbocycles. The van der Waals surface area contributed by atoms with Crippen LogP contribution in [0.1, 0.15) is 43.6 Å². The van der Waals surface area contributed by atoms with Crippen molar-refractivity contribution in [3.05, 3.63) is 35.9 Å². The Morgan fingerprint density at radius 1 is 0.955 bits per heavy atom. The molecule has 1 aromatic rings. The zero-order chi connectivity index (χ0) is 15.5. The van der Waals surface area contributed by atoms with Gasteiger partial charge in [-0.15, -0.1) is 0 Å². The number of nitrogens with zero attached hydrogens (tertiary/aromatic N) is 1. The van der Waals surface area contributed by atoms with Crippen LogP contribution in [0.4, 0.5) is 0 Å². The van der Waals surface area contributed by atoms with Crippen molar-refractivity contribution in [3.63, 3.8) is 0 Å².